The number of hydrogen-bond donors (Lipinski definition) is 0. The number of fused-ring (bicyclic) bond motifs is 1. The van der Waals surface area contributed by atoms with E-state index in [4.69, 9.17) is 9.47 Å². The fourth-order valence-corrected chi connectivity index (χ4v) is 4.18. The summed E-state index contributed by atoms with van der Waals surface area (Å²) in [5, 5.41) is 18.2. The summed E-state index contributed by atoms with van der Waals surface area (Å²) in [5.74, 6) is 1.40. The number of aryl methyl sites for hydroxylation is 1. The molecule has 0 bridgehead atoms. The molecule has 4 aromatic rings. The molecule has 10 nitrogen and oxygen atoms in total. The van der Waals surface area contributed by atoms with Crippen LogP contribution in [0.25, 0.3) is 15.5 Å². The Morgan fingerprint density at radius 2 is 2.00 bits per heavy atom. The maximum atomic E-state index is 12.2. The van der Waals surface area contributed by atoms with Gasteiger partial charge < -0.3 is 14.4 Å². The molecule has 1 saturated heterocycles. The lowest BCUT2D eigenvalue weighted by atomic mass is 10.1. The maximum Gasteiger partial charge on any atom is 0.260 e. The van der Waals surface area contributed by atoms with Crippen LogP contribution in [0.4, 0.5) is 0 Å². The Balaban J connectivity index is 1.23. The number of ether oxygens (including phenoxy) is 2. The molecule has 0 aliphatic carbocycles. The Hall–Kier alpha value is -3.31. The average molecular weight is 440 g/mol. The lowest BCUT2D eigenvalue weighted by Gasteiger charge is -2.26. The van der Waals surface area contributed by atoms with Crippen molar-refractivity contribution in [3.63, 3.8) is 0 Å². The first-order valence-corrected chi connectivity index (χ1v) is 10.7. The van der Waals surface area contributed by atoms with Crippen molar-refractivity contribution in [3.05, 3.63) is 48.0 Å². The third kappa shape index (κ3) is 4.28. The highest BCUT2D eigenvalue weighted by atomic mass is 32.1. The highest BCUT2D eigenvalue weighted by molar-refractivity contribution is 7.19. The molecule has 4 heterocycles. The van der Waals surface area contributed by atoms with Crippen LogP contribution in [0.2, 0.25) is 0 Å². The summed E-state index contributed by atoms with van der Waals surface area (Å²) >= 11 is 1.48. The molecule has 1 aromatic carbocycles. The normalized spacial score (nSPS) is 14.3. The standard InChI is InChI=1S/C20H21N7O3S/c1-25-12-15(11-21-25)19-24-27-17(22-23-20(27)31-19)10-14-2-4-16(5-3-14)30-13-18(28)26-6-8-29-9-7-26/h2-5,11-12H,6-10,13H2,1H3. The smallest absolute Gasteiger partial charge is 0.260 e. The second kappa shape index (κ2) is 8.44. The number of morpholine rings is 1. The molecule has 0 saturated carbocycles. The second-order valence-electron chi connectivity index (χ2n) is 7.22. The van der Waals surface area contributed by atoms with Gasteiger partial charge in [0.15, 0.2) is 17.4 Å². The summed E-state index contributed by atoms with van der Waals surface area (Å²) in [5.41, 5.74) is 2.01. The van der Waals surface area contributed by atoms with Gasteiger partial charge >= 0.3 is 0 Å². The Morgan fingerprint density at radius 1 is 1.19 bits per heavy atom. The monoisotopic (exact) mass is 439 g/mol. The molecule has 1 aliphatic heterocycles. The predicted molar refractivity (Wildman–Crippen MR) is 113 cm³/mol. The number of carbonyl (C=O) groups is 1. The van der Waals surface area contributed by atoms with Gasteiger partial charge in [-0.1, -0.05) is 23.5 Å². The van der Waals surface area contributed by atoms with Crippen molar-refractivity contribution in [1.29, 1.82) is 0 Å². The van der Waals surface area contributed by atoms with E-state index in [1.807, 2.05) is 37.5 Å². The fourth-order valence-electron chi connectivity index (χ4n) is 3.35. The largest absolute Gasteiger partial charge is 0.484 e. The number of hydrogen-bond acceptors (Lipinski definition) is 8. The summed E-state index contributed by atoms with van der Waals surface area (Å²) in [6.07, 6.45) is 4.30. The van der Waals surface area contributed by atoms with Crippen molar-refractivity contribution in [2.75, 3.05) is 32.9 Å². The Bertz CT molecular complexity index is 1190. The number of carbonyl (C=O) groups excluding carboxylic acids is 1. The van der Waals surface area contributed by atoms with Gasteiger partial charge in [-0.05, 0) is 17.7 Å². The van der Waals surface area contributed by atoms with Crippen molar-refractivity contribution in [2.45, 2.75) is 6.42 Å². The van der Waals surface area contributed by atoms with Crippen molar-refractivity contribution < 1.29 is 14.3 Å². The van der Waals surface area contributed by atoms with Crippen LogP contribution < -0.4 is 4.74 Å². The highest BCUT2D eigenvalue weighted by Crippen LogP contribution is 2.25. The summed E-state index contributed by atoms with van der Waals surface area (Å²) in [4.78, 5) is 14.7. The van der Waals surface area contributed by atoms with Crippen LogP contribution in [0.5, 0.6) is 5.75 Å². The third-order valence-corrected chi connectivity index (χ3v) is 5.97. The fraction of sp³-hybridized carbons (Fsp3) is 0.350. The van der Waals surface area contributed by atoms with Gasteiger partial charge in [-0.15, -0.1) is 10.2 Å². The summed E-state index contributed by atoms with van der Waals surface area (Å²) in [7, 11) is 1.88. The second-order valence-corrected chi connectivity index (χ2v) is 8.18. The molecule has 1 fully saturated rings. The molecule has 5 rings (SSSR count). The molecule has 0 spiro atoms. The Labute approximate surface area is 182 Å². The van der Waals surface area contributed by atoms with Gasteiger partial charge in [-0.25, -0.2) is 0 Å². The molecule has 0 radical (unpaired) electrons. The van der Waals surface area contributed by atoms with Crippen LogP contribution in [0, 0.1) is 0 Å². The summed E-state index contributed by atoms with van der Waals surface area (Å²) in [6, 6.07) is 7.65. The van der Waals surface area contributed by atoms with E-state index < -0.39 is 0 Å². The van der Waals surface area contributed by atoms with Crippen LogP contribution in [0.3, 0.4) is 0 Å². The SMILES string of the molecule is Cn1cc(-c2nn3c(Cc4ccc(OCC(=O)N5CCOCC5)cc4)nnc3s2)cn1. The number of nitrogens with zero attached hydrogens (tertiary/aromatic N) is 7. The first kappa shape index (κ1) is 19.6. The Morgan fingerprint density at radius 3 is 2.74 bits per heavy atom. The number of aromatic nitrogens is 6. The minimum Gasteiger partial charge on any atom is -0.484 e. The third-order valence-electron chi connectivity index (χ3n) is 5.02. The quantitative estimate of drug-likeness (QED) is 0.448. The zero-order valence-electron chi connectivity index (χ0n) is 17.0. The molecule has 0 unspecified atom stereocenters. The molecule has 1 aliphatic rings. The van der Waals surface area contributed by atoms with Gasteiger partial charge in [0.1, 0.15) is 5.75 Å². The van der Waals surface area contributed by atoms with Gasteiger partial charge in [-0.3, -0.25) is 9.48 Å². The molecule has 0 N–H and O–H groups in total. The molecule has 1 amide bonds. The maximum absolute atomic E-state index is 12.2. The lowest BCUT2D eigenvalue weighted by molar-refractivity contribution is -0.137. The van der Waals surface area contributed by atoms with E-state index in [1.54, 1.807) is 20.3 Å². The van der Waals surface area contributed by atoms with E-state index in [1.165, 1.54) is 11.3 Å². The highest BCUT2D eigenvalue weighted by Gasteiger charge is 2.17. The van der Waals surface area contributed by atoms with E-state index in [9.17, 15) is 4.79 Å². The zero-order chi connectivity index (χ0) is 21.2. The lowest BCUT2D eigenvalue weighted by Crippen LogP contribution is -2.42. The summed E-state index contributed by atoms with van der Waals surface area (Å²) in [6.45, 7) is 2.43. The first-order chi connectivity index (χ1) is 15.2. The average Bonchev–Trinajstić information content (AvgIpc) is 3.50. The van der Waals surface area contributed by atoms with E-state index >= 15 is 0 Å². The van der Waals surface area contributed by atoms with E-state index in [-0.39, 0.29) is 12.5 Å². The first-order valence-electron chi connectivity index (χ1n) is 9.93. The molecule has 3 aromatic heterocycles. The minimum atomic E-state index is -0.0221. The van der Waals surface area contributed by atoms with Crippen molar-refractivity contribution in [2.24, 2.45) is 7.05 Å². The summed E-state index contributed by atoms with van der Waals surface area (Å²) < 4.78 is 14.4. The topological polar surface area (TPSA) is 99.7 Å². The number of rotatable bonds is 6. The van der Waals surface area contributed by atoms with Crippen molar-refractivity contribution >= 4 is 22.2 Å². The minimum absolute atomic E-state index is 0.0221. The zero-order valence-corrected chi connectivity index (χ0v) is 17.8. The van der Waals surface area contributed by atoms with Crippen LogP contribution in [-0.4, -0.2) is 73.3 Å². The molecular weight excluding hydrogens is 418 g/mol. The van der Waals surface area contributed by atoms with E-state index in [2.05, 4.69) is 20.4 Å². The van der Waals surface area contributed by atoms with Gasteiger partial charge in [-0.2, -0.15) is 14.7 Å². The predicted octanol–water partition coefficient (Wildman–Crippen LogP) is 1.41. The van der Waals surface area contributed by atoms with Crippen LogP contribution in [0.15, 0.2) is 36.7 Å². The van der Waals surface area contributed by atoms with Gasteiger partial charge in [0.25, 0.3) is 5.91 Å². The molecule has 0 atom stereocenters. The van der Waals surface area contributed by atoms with E-state index in [0.29, 0.717) is 38.5 Å². The van der Waals surface area contributed by atoms with Crippen LogP contribution in [0.1, 0.15) is 11.4 Å². The van der Waals surface area contributed by atoms with Crippen LogP contribution >= 0.6 is 11.3 Å². The molecule has 160 valence electrons. The van der Waals surface area contributed by atoms with Crippen molar-refractivity contribution in [3.8, 4) is 16.3 Å². The van der Waals surface area contributed by atoms with Gasteiger partial charge in [0.05, 0.1) is 25.0 Å². The molecule has 31 heavy (non-hydrogen) atoms. The van der Waals surface area contributed by atoms with Gasteiger partial charge in [0.2, 0.25) is 4.96 Å². The molecule has 11 heteroatoms. The van der Waals surface area contributed by atoms with Crippen molar-refractivity contribution in [1.82, 2.24) is 34.5 Å². The Kier molecular flexibility index (Phi) is 5.35. The number of amides is 1. The number of benzene rings is 1. The van der Waals surface area contributed by atoms with Gasteiger partial charge in [0, 0.05) is 32.8 Å². The van der Waals surface area contributed by atoms with E-state index in [0.717, 1.165) is 26.9 Å². The molecular formula is C20H21N7O3S. The van der Waals surface area contributed by atoms with Crippen LogP contribution in [-0.2, 0) is 23.0 Å².